The van der Waals surface area contributed by atoms with Crippen molar-refractivity contribution < 1.29 is 0 Å². The number of nitrogens with zero attached hydrogens (tertiary/aromatic N) is 1. The van der Waals surface area contributed by atoms with Gasteiger partial charge in [-0.3, -0.25) is 0 Å². The average molecular weight is 293 g/mol. The second-order valence-corrected chi connectivity index (χ2v) is 5.67. The van der Waals surface area contributed by atoms with Crippen molar-refractivity contribution in [3.63, 3.8) is 0 Å². The van der Waals surface area contributed by atoms with E-state index < -0.39 is 0 Å². The van der Waals surface area contributed by atoms with Crippen molar-refractivity contribution in [2.45, 2.75) is 6.92 Å². The van der Waals surface area contributed by atoms with Gasteiger partial charge in [-0.15, -0.1) is 0 Å². The zero-order valence-electron chi connectivity index (χ0n) is 11.5. The Morgan fingerprint density at radius 1 is 1.05 bits per heavy atom. The van der Waals surface area contributed by atoms with Crippen LogP contribution >= 0.6 is 11.6 Å². The Labute approximate surface area is 127 Å². The summed E-state index contributed by atoms with van der Waals surface area (Å²) in [5.41, 5.74) is 5.47. The van der Waals surface area contributed by atoms with Crippen LogP contribution < -0.4 is 0 Å². The van der Waals surface area contributed by atoms with Gasteiger partial charge >= 0.3 is 0 Å². The molecule has 0 amide bonds. The van der Waals surface area contributed by atoms with Crippen LogP contribution in [0.3, 0.4) is 0 Å². The topological polar surface area (TPSA) is 28.7 Å². The molecule has 0 bridgehead atoms. The van der Waals surface area contributed by atoms with Crippen molar-refractivity contribution in [2.24, 2.45) is 0 Å². The molecule has 0 saturated heterocycles. The van der Waals surface area contributed by atoms with E-state index in [0.717, 1.165) is 27.2 Å². The third-order valence-corrected chi connectivity index (χ3v) is 4.09. The lowest BCUT2D eigenvalue weighted by Crippen LogP contribution is -1.84. The lowest BCUT2D eigenvalue weighted by molar-refractivity contribution is 1.39. The lowest BCUT2D eigenvalue weighted by atomic mass is 10.1. The minimum atomic E-state index is 0.736. The predicted molar refractivity (Wildman–Crippen MR) is 88.8 cm³/mol. The van der Waals surface area contributed by atoms with E-state index >= 15 is 0 Å². The number of benzene rings is 2. The quantitative estimate of drug-likeness (QED) is 0.503. The summed E-state index contributed by atoms with van der Waals surface area (Å²) >= 11 is 6.02. The molecule has 0 aliphatic carbocycles. The van der Waals surface area contributed by atoms with Crippen molar-refractivity contribution >= 4 is 33.4 Å². The fourth-order valence-corrected chi connectivity index (χ4v) is 2.94. The number of H-pyrrole nitrogens is 1. The molecule has 0 radical (unpaired) electrons. The Morgan fingerprint density at radius 2 is 1.95 bits per heavy atom. The second-order valence-electron chi connectivity index (χ2n) is 5.23. The summed E-state index contributed by atoms with van der Waals surface area (Å²) in [5.74, 6) is 0. The molecule has 0 unspecified atom stereocenters. The molecule has 102 valence electrons. The van der Waals surface area contributed by atoms with Crippen molar-refractivity contribution in [3.05, 3.63) is 65.3 Å². The molecular formula is C18H13ClN2. The third kappa shape index (κ3) is 1.99. The van der Waals surface area contributed by atoms with Crippen LogP contribution in [-0.4, -0.2) is 9.97 Å². The van der Waals surface area contributed by atoms with E-state index in [1.165, 1.54) is 16.5 Å². The van der Waals surface area contributed by atoms with E-state index in [0.29, 0.717) is 0 Å². The van der Waals surface area contributed by atoms with Crippen LogP contribution in [0.4, 0.5) is 0 Å². The number of aryl methyl sites for hydroxylation is 1. The highest BCUT2D eigenvalue weighted by atomic mass is 35.5. The number of fused-ring (bicyclic) bond motifs is 2. The number of para-hydroxylation sites is 1. The molecule has 0 aliphatic rings. The van der Waals surface area contributed by atoms with Gasteiger partial charge in [0.15, 0.2) is 0 Å². The zero-order chi connectivity index (χ0) is 14.4. The molecule has 3 heteroatoms. The highest BCUT2D eigenvalue weighted by Gasteiger charge is 2.09. The maximum atomic E-state index is 6.02. The van der Waals surface area contributed by atoms with Gasteiger partial charge in [0.05, 0.1) is 11.2 Å². The molecule has 0 aliphatic heterocycles. The summed E-state index contributed by atoms with van der Waals surface area (Å²) < 4.78 is 0. The standard InChI is InChI=1S/C18H13ClN2/c1-11-3-2-4-14-15(10-20-18(11)14)17-7-5-12-9-13(19)6-8-16(12)21-17/h2-10,20H,1H3. The van der Waals surface area contributed by atoms with Crippen LogP contribution in [0.25, 0.3) is 33.1 Å². The number of aromatic nitrogens is 2. The maximum Gasteiger partial charge on any atom is 0.0731 e. The fraction of sp³-hybridized carbons (Fsp3) is 0.0556. The Balaban J connectivity index is 1.96. The average Bonchev–Trinajstić information content (AvgIpc) is 2.92. The first-order valence-corrected chi connectivity index (χ1v) is 7.23. The van der Waals surface area contributed by atoms with Gasteiger partial charge in [0, 0.05) is 33.1 Å². The van der Waals surface area contributed by atoms with Crippen molar-refractivity contribution in [3.8, 4) is 11.3 Å². The van der Waals surface area contributed by atoms with Gasteiger partial charge in [-0.1, -0.05) is 35.9 Å². The number of hydrogen-bond donors (Lipinski definition) is 1. The van der Waals surface area contributed by atoms with Crippen molar-refractivity contribution in [1.82, 2.24) is 9.97 Å². The number of nitrogens with one attached hydrogen (secondary N) is 1. The largest absolute Gasteiger partial charge is 0.360 e. The van der Waals surface area contributed by atoms with Crippen LogP contribution in [0, 0.1) is 6.92 Å². The number of aromatic amines is 1. The molecule has 2 aromatic heterocycles. The molecule has 0 atom stereocenters. The van der Waals surface area contributed by atoms with E-state index in [4.69, 9.17) is 16.6 Å². The minimum absolute atomic E-state index is 0.736. The first-order chi connectivity index (χ1) is 10.2. The molecule has 0 saturated carbocycles. The predicted octanol–water partition coefficient (Wildman–Crippen LogP) is 5.34. The fourth-order valence-electron chi connectivity index (χ4n) is 2.76. The van der Waals surface area contributed by atoms with Crippen molar-refractivity contribution in [2.75, 3.05) is 0 Å². The van der Waals surface area contributed by atoms with Crippen LogP contribution in [-0.2, 0) is 0 Å². The minimum Gasteiger partial charge on any atom is -0.360 e. The van der Waals surface area contributed by atoms with Crippen LogP contribution in [0.2, 0.25) is 5.02 Å². The van der Waals surface area contributed by atoms with E-state index in [1.807, 2.05) is 30.5 Å². The van der Waals surface area contributed by atoms with Gasteiger partial charge in [-0.25, -0.2) is 4.98 Å². The summed E-state index contributed by atoms with van der Waals surface area (Å²) in [6.45, 7) is 2.11. The lowest BCUT2D eigenvalue weighted by Gasteiger charge is -2.03. The highest BCUT2D eigenvalue weighted by Crippen LogP contribution is 2.30. The Bertz CT molecular complexity index is 969. The number of pyridine rings is 1. The molecule has 21 heavy (non-hydrogen) atoms. The van der Waals surface area contributed by atoms with Crippen LogP contribution in [0.1, 0.15) is 5.56 Å². The molecule has 4 aromatic rings. The second kappa shape index (κ2) is 4.61. The molecule has 2 nitrogen and oxygen atoms in total. The molecular weight excluding hydrogens is 280 g/mol. The Morgan fingerprint density at radius 3 is 2.86 bits per heavy atom. The number of halogens is 1. The summed E-state index contributed by atoms with van der Waals surface area (Å²) in [5, 5.41) is 3.00. The van der Waals surface area contributed by atoms with E-state index in [9.17, 15) is 0 Å². The van der Waals surface area contributed by atoms with E-state index in [-0.39, 0.29) is 0 Å². The Hall–Kier alpha value is -2.32. The molecule has 2 aromatic carbocycles. The smallest absolute Gasteiger partial charge is 0.0731 e. The monoisotopic (exact) mass is 292 g/mol. The molecule has 4 rings (SSSR count). The summed E-state index contributed by atoms with van der Waals surface area (Å²) in [6, 6.07) is 16.2. The van der Waals surface area contributed by atoms with Gasteiger partial charge < -0.3 is 4.98 Å². The zero-order valence-corrected chi connectivity index (χ0v) is 12.3. The highest BCUT2D eigenvalue weighted by molar-refractivity contribution is 6.31. The SMILES string of the molecule is Cc1cccc2c(-c3ccc4cc(Cl)ccc4n3)c[nH]c12. The molecule has 2 heterocycles. The summed E-state index contributed by atoms with van der Waals surface area (Å²) in [4.78, 5) is 8.11. The Kier molecular flexibility index (Phi) is 2.72. The van der Waals surface area contributed by atoms with E-state index in [1.54, 1.807) is 0 Å². The summed E-state index contributed by atoms with van der Waals surface area (Å²) in [7, 11) is 0. The first kappa shape index (κ1) is 12.4. The first-order valence-electron chi connectivity index (χ1n) is 6.86. The van der Waals surface area contributed by atoms with E-state index in [2.05, 4.69) is 36.2 Å². The number of rotatable bonds is 1. The van der Waals surface area contributed by atoms with Crippen molar-refractivity contribution in [1.29, 1.82) is 0 Å². The van der Waals surface area contributed by atoms with Gasteiger partial charge in [0.1, 0.15) is 0 Å². The van der Waals surface area contributed by atoms with Gasteiger partial charge in [0.2, 0.25) is 0 Å². The molecule has 0 fully saturated rings. The normalized spacial score (nSPS) is 11.3. The van der Waals surface area contributed by atoms with Crippen LogP contribution in [0.5, 0.6) is 0 Å². The van der Waals surface area contributed by atoms with Gasteiger partial charge in [0.25, 0.3) is 0 Å². The van der Waals surface area contributed by atoms with Gasteiger partial charge in [-0.05, 0) is 36.8 Å². The van der Waals surface area contributed by atoms with Crippen LogP contribution in [0.15, 0.2) is 54.7 Å². The molecule has 0 spiro atoms. The summed E-state index contributed by atoms with van der Waals surface area (Å²) in [6.07, 6.45) is 2.03. The third-order valence-electron chi connectivity index (χ3n) is 3.85. The number of hydrogen-bond acceptors (Lipinski definition) is 1. The molecule has 1 N–H and O–H groups in total. The maximum absolute atomic E-state index is 6.02. The van der Waals surface area contributed by atoms with Gasteiger partial charge in [-0.2, -0.15) is 0 Å².